The molecule has 2 aliphatic rings. The highest BCUT2D eigenvalue weighted by atomic mass is 32.2. The molecule has 1 aliphatic heterocycles. The van der Waals surface area contributed by atoms with Crippen LogP contribution in [0.1, 0.15) is 65.7 Å². The number of hydrogen-bond acceptors (Lipinski definition) is 4. The number of benzene rings is 1. The van der Waals surface area contributed by atoms with Crippen molar-refractivity contribution in [2.24, 2.45) is 11.8 Å². The first-order chi connectivity index (χ1) is 16.1. The fraction of sp³-hybridized carbons (Fsp3) is 0.680. The summed E-state index contributed by atoms with van der Waals surface area (Å²) >= 11 is 0. The zero-order valence-electron chi connectivity index (χ0n) is 20.5. The van der Waals surface area contributed by atoms with Crippen molar-refractivity contribution >= 4 is 21.8 Å². The second kappa shape index (κ2) is 11.6. The summed E-state index contributed by atoms with van der Waals surface area (Å²) in [5.74, 6) is -0.248. The Hall–Kier alpha value is -2.00. The van der Waals surface area contributed by atoms with Crippen LogP contribution in [0.15, 0.2) is 29.2 Å². The Morgan fingerprint density at radius 3 is 2.38 bits per heavy atom. The van der Waals surface area contributed by atoms with Gasteiger partial charge in [0.05, 0.1) is 4.90 Å². The van der Waals surface area contributed by atoms with Crippen LogP contribution in [-0.2, 0) is 19.6 Å². The second-order valence-corrected chi connectivity index (χ2v) is 11.6. The van der Waals surface area contributed by atoms with E-state index in [1.165, 1.54) is 37.8 Å². The predicted molar refractivity (Wildman–Crippen MR) is 129 cm³/mol. The van der Waals surface area contributed by atoms with Crippen LogP contribution in [0.25, 0.3) is 0 Å². The third-order valence-electron chi connectivity index (χ3n) is 7.39. The fourth-order valence-electron chi connectivity index (χ4n) is 4.99. The van der Waals surface area contributed by atoms with Gasteiger partial charge in [-0.15, -0.1) is 0 Å². The van der Waals surface area contributed by atoms with Crippen LogP contribution in [0, 0.1) is 17.7 Å². The van der Waals surface area contributed by atoms with Gasteiger partial charge in [0, 0.05) is 32.1 Å². The number of halogens is 1. The Labute approximate surface area is 203 Å². The topological polar surface area (TPSA) is 86.8 Å². The van der Waals surface area contributed by atoms with Gasteiger partial charge in [0.15, 0.2) is 0 Å². The Balaban J connectivity index is 1.63. The molecule has 1 aromatic rings. The van der Waals surface area contributed by atoms with E-state index in [1.807, 2.05) is 25.7 Å². The van der Waals surface area contributed by atoms with Gasteiger partial charge in [-0.2, -0.15) is 4.72 Å². The van der Waals surface area contributed by atoms with E-state index in [2.05, 4.69) is 4.72 Å². The van der Waals surface area contributed by atoms with Crippen molar-refractivity contribution in [1.29, 1.82) is 0 Å². The predicted octanol–water partition coefficient (Wildman–Crippen LogP) is 3.55. The van der Waals surface area contributed by atoms with Gasteiger partial charge >= 0.3 is 0 Å². The monoisotopic (exact) mass is 495 g/mol. The Morgan fingerprint density at radius 1 is 1.15 bits per heavy atom. The molecule has 1 saturated heterocycles. The summed E-state index contributed by atoms with van der Waals surface area (Å²) in [4.78, 5) is 29.7. The zero-order valence-corrected chi connectivity index (χ0v) is 21.3. The lowest BCUT2D eigenvalue weighted by molar-refractivity contribution is -0.144. The molecular weight excluding hydrogens is 457 g/mol. The lowest BCUT2D eigenvalue weighted by atomic mass is 9.98. The van der Waals surface area contributed by atoms with Crippen LogP contribution in [-0.4, -0.2) is 61.7 Å². The van der Waals surface area contributed by atoms with E-state index < -0.39 is 21.9 Å². The van der Waals surface area contributed by atoms with Crippen LogP contribution < -0.4 is 4.72 Å². The van der Waals surface area contributed by atoms with Gasteiger partial charge in [-0.25, -0.2) is 12.8 Å². The Kier molecular flexibility index (Phi) is 9.09. The molecule has 190 valence electrons. The molecule has 9 heteroatoms. The molecule has 3 atom stereocenters. The molecular formula is C25H38FN3O4S. The summed E-state index contributed by atoms with van der Waals surface area (Å²) in [6.45, 7) is 6.88. The van der Waals surface area contributed by atoms with E-state index in [9.17, 15) is 22.4 Å². The van der Waals surface area contributed by atoms with E-state index >= 15 is 0 Å². The number of piperazine rings is 1. The van der Waals surface area contributed by atoms with Crippen molar-refractivity contribution in [3.63, 3.8) is 0 Å². The summed E-state index contributed by atoms with van der Waals surface area (Å²) in [7, 11) is -4.00. The maximum absolute atomic E-state index is 13.4. The van der Waals surface area contributed by atoms with Gasteiger partial charge in [-0.3, -0.25) is 9.59 Å². The molecule has 3 unspecified atom stereocenters. The third-order valence-corrected chi connectivity index (χ3v) is 8.84. The van der Waals surface area contributed by atoms with Crippen LogP contribution in [0.4, 0.5) is 4.39 Å². The number of hydrogen-bond donors (Lipinski definition) is 1. The van der Waals surface area contributed by atoms with E-state index in [0.29, 0.717) is 38.4 Å². The highest BCUT2D eigenvalue weighted by molar-refractivity contribution is 7.89. The lowest BCUT2D eigenvalue weighted by Crippen LogP contribution is -2.60. The number of carbonyl (C=O) groups excluding carboxylic acids is 2. The van der Waals surface area contributed by atoms with Crippen molar-refractivity contribution in [1.82, 2.24) is 14.5 Å². The Bertz CT molecular complexity index is 947. The molecule has 1 N–H and O–H groups in total. The summed E-state index contributed by atoms with van der Waals surface area (Å²) < 4.78 is 41.6. The quantitative estimate of drug-likeness (QED) is 0.568. The van der Waals surface area contributed by atoms with E-state index in [1.54, 1.807) is 4.90 Å². The van der Waals surface area contributed by atoms with E-state index in [4.69, 9.17) is 0 Å². The fourth-order valence-corrected chi connectivity index (χ4v) is 6.29. The average Bonchev–Trinajstić information content (AvgIpc) is 3.34. The average molecular weight is 496 g/mol. The summed E-state index contributed by atoms with van der Waals surface area (Å²) in [6, 6.07) is 3.48. The van der Waals surface area contributed by atoms with Crippen molar-refractivity contribution in [2.75, 3.05) is 19.6 Å². The van der Waals surface area contributed by atoms with Gasteiger partial charge in [-0.05, 0) is 49.4 Å². The third kappa shape index (κ3) is 6.56. The van der Waals surface area contributed by atoms with Crippen molar-refractivity contribution in [3.8, 4) is 0 Å². The molecule has 2 amide bonds. The molecule has 1 aliphatic carbocycles. The summed E-state index contributed by atoms with van der Waals surface area (Å²) in [5, 5.41) is 0. The molecule has 3 rings (SSSR count). The number of amides is 2. The molecule has 2 fully saturated rings. The molecule has 1 heterocycles. The molecule has 0 bridgehead atoms. The maximum atomic E-state index is 13.4. The van der Waals surface area contributed by atoms with Gasteiger partial charge in [0.25, 0.3) is 0 Å². The lowest BCUT2D eigenvalue weighted by Gasteiger charge is -2.41. The van der Waals surface area contributed by atoms with Crippen molar-refractivity contribution in [2.45, 2.75) is 82.7 Å². The summed E-state index contributed by atoms with van der Waals surface area (Å²) in [5.41, 5.74) is 0. The second-order valence-electron chi connectivity index (χ2n) is 9.85. The number of nitrogens with one attached hydrogen (secondary N) is 1. The number of carbonyl (C=O) groups is 2. The zero-order chi connectivity index (χ0) is 24.9. The molecule has 0 radical (unpaired) electrons. The van der Waals surface area contributed by atoms with Crippen LogP contribution >= 0.6 is 0 Å². The first-order valence-electron chi connectivity index (χ1n) is 12.5. The van der Waals surface area contributed by atoms with Crippen molar-refractivity contribution < 1.29 is 22.4 Å². The molecule has 1 saturated carbocycles. The van der Waals surface area contributed by atoms with E-state index in [0.717, 1.165) is 18.6 Å². The normalized spacial score (nSPS) is 21.5. The van der Waals surface area contributed by atoms with Crippen LogP contribution in [0.2, 0.25) is 0 Å². The Morgan fingerprint density at radius 2 is 1.79 bits per heavy atom. The summed E-state index contributed by atoms with van der Waals surface area (Å²) in [6.07, 6.45) is 7.06. The van der Waals surface area contributed by atoms with Crippen molar-refractivity contribution in [3.05, 3.63) is 30.1 Å². The largest absolute Gasteiger partial charge is 0.337 e. The van der Waals surface area contributed by atoms with Gasteiger partial charge in [-0.1, -0.05) is 46.0 Å². The van der Waals surface area contributed by atoms with Gasteiger partial charge in [0.2, 0.25) is 21.8 Å². The molecule has 1 aromatic carbocycles. The molecule has 0 aromatic heterocycles. The SMILES string of the molecule is CCC(C)C(NS(=O)(=O)c1ccc(F)cc1)C(=O)N1CCN(C(=O)CCC2CCCC2)C(C)C1. The minimum Gasteiger partial charge on any atom is -0.337 e. The van der Waals surface area contributed by atoms with Gasteiger partial charge < -0.3 is 9.80 Å². The number of sulfonamides is 1. The highest BCUT2D eigenvalue weighted by Gasteiger charge is 2.36. The van der Waals surface area contributed by atoms with E-state index in [-0.39, 0.29) is 28.7 Å². The molecule has 34 heavy (non-hydrogen) atoms. The first-order valence-corrected chi connectivity index (χ1v) is 14.0. The smallest absolute Gasteiger partial charge is 0.241 e. The molecule has 0 spiro atoms. The first kappa shape index (κ1) is 26.6. The highest BCUT2D eigenvalue weighted by Crippen LogP contribution is 2.29. The standard InChI is InChI=1S/C25H38FN3O4S/c1-4-18(2)24(27-34(32,33)22-12-10-21(26)11-13-22)25(31)28-15-16-29(19(3)17-28)23(30)14-9-20-7-5-6-8-20/h10-13,18-20,24,27H,4-9,14-17H2,1-3H3. The van der Waals surface area contributed by atoms with Crippen LogP contribution in [0.3, 0.4) is 0 Å². The van der Waals surface area contributed by atoms with Gasteiger partial charge in [0.1, 0.15) is 11.9 Å². The minimum atomic E-state index is -4.00. The maximum Gasteiger partial charge on any atom is 0.241 e. The minimum absolute atomic E-state index is 0.0824. The number of nitrogens with zero attached hydrogens (tertiary/aromatic N) is 2. The number of rotatable bonds is 9. The molecule has 7 nitrogen and oxygen atoms in total. The van der Waals surface area contributed by atoms with Crippen LogP contribution in [0.5, 0.6) is 0 Å².